The Morgan fingerprint density at radius 3 is 2.76 bits per heavy atom. The van der Waals surface area contributed by atoms with Crippen molar-refractivity contribution >= 4 is 17.2 Å². The van der Waals surface area contributed by atoms with Crippen LogP contribution in [0.4, 0.5) is 0 Å². The number of rotatable bonds is 7. The van der Waals surface area contributed by atoms with E-state index in [4.69, 9.17) is 4.52 Å². The van der Waals surface area contributed by atoms with Crippen LogP contribution in [0.5, 0.6) is 0 Å². The minimum Gasteiger partial charge on any atom is -0.355 e. The van der Waals surface area contributed by atoms with Crippen molar-refractivity contribution in [3.63, 3.8) is 0 Å². The van der Waals surface area contributed by atoms with E-state index in [9.17, 15) is 4.79 Å². The third-order valence-corrected chi connectivity index (χ3v) is 4.83. The van der Waals surface area contributed by atoms with E-state index in [0.717, 1.165) is 38.3 Å². The summed E-state index contributed by atoms with van der Waals surface area (Å²) >= 11 is 1.62. The number of aromatic nitrogens is 2. The van der Waals surface area contributed by atoms with Crippen LogP contribution in [0.1, 0.15) is 19.7 Å². The van der Waals surface area contributed by atoms with Gasteiger partial charge in [0.1, 0.15) is 0 Å². The predicted molar refractivity (Wildman–Crippen MR) is 97.2 cm³/mol. The lowest BCUT2D eigenvalue weighted by Crippen LogP contribution is -2.49. The number of hydrogen-bond donors (Lipinski definition) is 1. The molecule has 0 radical (unpaired) electrons. The first-order chi connectivity index (χ1) is 12.1. The number of carbonyl (C=O) groups is 1. The Bertz CT molecular complexity index is 662. The molecule has 1 fully saturated rings. The van der Waals surface area contributed by atoms with E-state index in [1.807, 2.05) is 16.8 Å². The Kier molecular flexibility index (Phi) is 6.17. The van der Waals surface area contributed by atoms with Gasteiger partial charge in [-0.05, 0) is 17.4 Å². The van der Waals surface area contributed by atoms with Gasteiger partial charge in [0, 0.05) is 43.7 Å². The molecule has 3 rings (SSSR count). The summed E-state index contributed by atoms with van der Waals surface area (Å²) < 4.78 is 5.36. The lowest BCUT2D eigenvalue weighted by molar-refractivity contribution is -0.122. The summed E-state index contributed by atoms with van der Waals surface area (Å²) in [5, 5.41) is 11.0. The fourth-order valence-corrected chi connectivity index (χ4v) is 3.34. The van der Waals surface area contributed by atoms with E-state index in [1.54, 1.807) is 11.3 Å². The first-order valence-corrected chi connectivity index (χ1v) is 9.61. The molecule has 0 atom stereocenters. The lowest BCUT2D eigenvalue weighted by atomic mass is 10.2. The standard InChI is InChI=1S/C17H25N5O2S/c1-13(2)9-18-15(23)10-21-4-6-22(7-5-21)11-16-19-17(20-24-16)14-3-8-25-12-14/h3,8,12-13H,4-7,9-11H2,1-2H3,(H,18,23). The first kappa shape index (κ1) is 18.0. The number of thiophene rings is 1. The maximum atomic E-state index is 11.9. The van der Waals surface area contributed by atoms with E-state index < -0.39 is 0 Å². The highest BCUT2D eigenvalue weighted by molar-refractivity contribution is 7.08. The van der Waals surface area contributed by atoms with Gasteiger partial charge in [0.25, 0.3) is 0 Å². The van der Waals surface area contributed by atoms with Crippen molar-refractivity contribution in [2.45, 2.75) is 20.4 Å². The Morgan fingerprint density at radius 1 is 1.32 bits per heavy atom. The Labute approximate surface area is 152 Å². The van der Waals surface area contributed by atoms with Crippen LogP contribution >= 0.6 is 11.3 Å². The smallest absolute Gasteiger partial charge is 0.241 e. The number of hydrogen-bond acceptors (Lipinski definition) is 7. The Morgan fingerprint density at radius 2 is 2.08 bits per heavy atom. The normalized spacial score (nSPS) is 16.4. The minimum absolute atomic E-state index is 0.111. The molecule has 0 aromatic carbocycles. The third kappa shape index (κ3) is 5.35. The summed E-state index contributed by atoms with van der Waals surface area (Å²) in [7, 11) is 0. The van der Waals surface area contributed by atoms with Crippen molar-refractivity contribution in [2.24, 2.45) is 5.92 Å². The molecule has 0 saturated carbocycles. The SMILES string of the molecule is CC(C)CNC(=O)CN1CCN(Cc2nc(-c3ccsc3)no2)CC1. The van der Waals surface area contributed by atoms with Crippen molar-refractivity contribution in [2.75, 3.05) is 39.3 Å². The second-order valence-corrected chi connectivity index (χ2v) is 7.55. The van der Waals surface area contributed by atoms with Crippen LogP contribution in [0.2, 0.25) is 0 Å². The molecule has 0 spiro atoms. The highest BCUT2D eigenvalue weighted by atomic mass is 32.1. The summed E-state index contributed by atoms with van der Waals surface area (Å²) in [6.45, 7) is 9.61. The van der Waals surface area contributed by atoms with Gasteiger partial charge < -0.3 is 9.84 Å². The van der Waals surface area contributed by atoms with Gasteiger partial charge >= 0.3 is 0 Å². The van der Waals surface area contributed by atoms with E-state index >= 15 is 0 Å². The zero-order valence-corrected chi connectivity index (χ0v) is 15.6. The highest BCUT2D eigenvalue weighted by Gasteiger charge is 2.21. The second kappa shape index (κ2) is 8.55. The molecule has 1 N–H and O–H groups in total. The summed E-state index contributed by atoms with van der Waals surface area (Å²) in [6, 6.07) is 1.99. The van der Waals surface area contributed by atoms with Gasteiger partial charge in [-0.25, -0.2) is 0 Å². The fraction of sp³-hybridized carbons (Fsp3) is 0.588. The average Bonchev–Trinajstić information content (AvgIpc) is 3.26. The largest absolute Gasteiger partial charge is 0.355 e. The molecule has 1 amide bonds. The number of amides is 1. The van der Waals surface area contributed by atoms with Crippen LogP contribution in [0.15, 0.2) is 21.3 Å². The summed E-state index contributed by atoms with van der Waals surface area (Å²) in [6.07, 6.45) is 0. The number of nitrogens with zero attached hydrogens (tertiary/aromatic N) is 4. The first-order valence-electron chi connectivity index (χ1n) is 8.66. The molecule has 1 saturated heterocycles. The topological polar surface area (TPSA) is 74.5 Å². The van der Waals surface area contributed by atoms with Crippen molar-refractivity contribution in [1.29, 1.82) is 0 Å². The second-order valence-electron chi connectivity index (χ2n) is 6.77. The van der Waals surface area contributed by atoms with Gasteiger partial charge in [0.05, 0.1) is 13.1 Å². The molecule has 136 valence electrons. The molecule has 0 bridgehead atoms. The van der Waals surface area contributed by atoms with Crippen LogP contribution in [-0.2, 0) is 11.3 Å². The highest BCUT2D eigenvalue weighted by Crippen LogP contribution is 2.19. The minimum atomic E-state index is 0.111. The molecular weight excluding hydrogens is 338 g/mol. The van der Waals surface area contributed by atoms with E-state index in [0.29, 0.717) is 30.7 Å². The van der Waals surface area contributed by atoms with Crippen LogP contribution in [0.25, 0.3) is 11.4 Å². The van der Waals surface area contributed by atoms with Crippen LogP contribution in [0, 0.1) is 5.92 Å². The van der Waals surface area contributed by atoms with Crippen molar-refractivity contribution in [3.05, 3.63) is 22.7 Å². The van der Waals surface area contributed by atoms with Gasteiger partial charge in [-0.1, -0.05) is 19.0 Å². The molecule has 8 heteroatoms. The Balaban J connectivity index is 1.41. The molecule has 1 aliphatic heterocycles. The van der Waals surface area contributed by atoms with Gasteiger partial charge in [-0.3, -0.25) is 14.6 Å². The zero-order valence-electron chi connectivity index (χ0n) is 14.8. The lowest BCUT2D eigenvalue weighted by Gasteiger charge is -2.33. The molecule has 2 aromatic rings. The van der Waals surface area contributed by atoms with Crippen molar-refractivity contribution in [1.82, 2.24) is 25.3 Å². The van der Waals surface area contributed by atoms with Gasteiger partial charge in [-0.2, -0.15) is 16.3 Å². The van der Waals surface area contributed by atoms with E-state index in [1.165, 1.54) is 0 Å². The van der Waals surface area contributed by atoms with Gasteiger partial charge in [-0.15, -0.1) is 0 Å². The number of piperazine rings is 1. The molecule has 0 unspecified atom stereocenters. The Hall–Kier alpha value is -1.77. The average molecular weight is 363 g/mol. The summed E-state index contributed by atoms with van der Waals surface area (Å²) in [5.74, 6) is 1.88. The maximum absolute atomic E-state index is 11.9. The third-order valence-electron chi connectivity index (χ3n) is 4.15. The van der Waals surface area contributed by atoms with Crippen molar-refractivity contribution in [3.8, 4) is 11.4 Å². The predicted octanol–water partition coefficient (Wildman–Crippen LogP) is 1.69. The molecule has 1 aliphatic rings. The molecular formula is C17H25N5O2S. The quantitative estimate of drug-likeness (QED) is 0.807. The number of nitrogens with one attached hydrogen (secondary N) is 1. The molecule has 2 aromatic heterocycles. The molecule has 7 nitrogen and oxygen atoms in total. The molecule has 0 aliphatic carbocycles. The monoisotopic (exact) mass is 363 g/mol. The van der Waals surface area contributed by atoms with Crippen LogP contribution in [0.3, 0.4) is 0 Å². The van der Waals surface area contributed by atoms with E-state index in [2.05, 4.69) is 39.1 Å². The maximum Gasteiger partial charge on any atom is 0.241 e. The number of carbonyl (C=O) groups excluding carboxylic acids is 1. The van der Waals surface area contributed by atoms with Gasteiger partial charge in [0.15, 0.2) is 0 Å². The van der Waals surface area contributed by atoms with Crippen LogP contribution < -0.4 is 5.32 Å². The van der Waals surface area contributed by atoms with E-state index in [-0.39, 0.29) is 5.91 Å². The molecule has 3 heterocycles. The fourth-order valence-electron chi connectivity index (χ4n) is 2.70. The summed E-state index contributed by atoms with van der Waals surface area (Å²) in [4.78, 5) is 20.8. The zero-order chi connectivity index (χ0) is 17.6. The van der Waals surface area contributed by atoms with Gasteiger partial charge in [0.2, 0.25) is 17.6 Å². The van der Waals surface area contributed by atoms with Crippen LogP contribution in [-0.4, -0.2) is 65.1 Å². The van der Waals surface area contributed by atoms with Crippen molar-refractivity contribution < 1.29 is 9.32 Å². The molecule has 25 heavy (non-hydrogen) atoms. The summed E-state index contributed by atoms with van der Waals surface area (Å²) in [5.41, 5.74) is 0.997.